The molecule has 0 N–H and O–H groups in total. The minimum absolute atomic E-state index is 0.905. The summed E-state index contributed by atoms with van der Waals surface area (Å²) in [6.07, 6.45) is 1.87. The van der Waals surface area contributed by atoms with E-state index in [1.807, 2.05) is 12.3 Å². The summed E-state index contributed by atoms with van der Waals surface area (Å²) in [5.74, 6) is 0. The van der Waals surface area contributed by atoms with Crippen LogP contribution in [0, 0.1) is 0 Å². The highest BCUT2D eigenvalue weighted by Crippen LogP contribution is 2.21. The number of pyridine rings is 1. The van der Waals surface area contributed by atoms with Gasteiger partial charge in [0.15, 0.2) is 0 Å². The molecule has 0 saturated heterocycles. The van der Waals surface area contributed by atoms with Crippen molar-refractivity contribution in [1.29, 1.82) is 0 Å². The number of rotatable bonds is 0. The predicted molar refractivity (Wildman–Crippen MR) is 47.3 cm³/mol. The highest BCUT2D eigenvalue weighted by Gasteiger charge is 1.94. The Balaban J connectivity index is 2.86. The fourth-order valence-electron chi connectivity index (χ4n) is 0.831. The van der Waals surface area contributed by atoms with Crippen molar-refractivity contribution in [3.05, 3.63) is 28.3 Å². The number of hydrogen-bond donors (Lipinski definition) is 0. The molecule has 2 aromatic rings. The summed E-state index contributed by atoms with van der Waals surface area (Å²) in [4.78, 5) is 4.10. The van der Waals surface area contributed by atoms with Gasteiger partial charge in [-0.15, -0.1) is 11.3 Å². The van der Waals surface area contributed by atoms with Gasteiger partial charge >= 0.3 is 0 Å². The Morgan fingerprint density at radius 1 is 1.50 bits per heavy atom. The molecule has 0 fully saturated rings. The zero-order valence-corrected chi connectivity index (χ0v) is 7.45. The van der Waals surface area contributed by atoms with Crippen LogP contribution in [0.3, 0.4) is 0 Å². The van der Waals surface area contributed by atoms with Gasteiger partial charge < -0.3 is 0 Å². The van der Waals surface area contributed by atoms with Gasteiger partial charge in [0.1, 0.15) is 4.60 Å². The summed E-state index contributed by atoms with van der Waals surface area (Å²) in [6.45, 7) is 0. The zero-order valence-electron chi connectivity index (χ0n) is 5.04. The van der Waals surface area contributed by atoms with E-state index < -0.39 is 0 Å². The van der Waals surface area contributed by atoms with E-state index in [0.29, 0.717) is 0 Å². The maximum Gasteiger partial charge on any atom is 0.107 e. The third-order valence-corrected chi connectivity index (χ3v) is 2.62. The van der Waals surface area contributed by atoms with Gasteiger partial charge in [0.2, 0.25) is 0 Å². The van der Waals surface area contributed by atoms with E-state index >= 15 is 0 Å². The third kappa shape index (κ3) is 0.954. The average molecular weight is 214 g/mol. The molecule has 0 amide bonds. The Kier molecular flexibility index (Phi) is 1.47. The van der Waals surface area contributed by atoms with Gasteiger partial charge in [0.25, 0.3) is 0 Å². The summed E-state index contributed by atoms with van der Waals surface area (Å²) in [5.41, 5.74) is 0. The fraction of sp³-hybridized carbons (Fsp3) is 0. The molecule has 0 aliphatic carbocycles. The summed E-state index contributed by atoms with van der Waals surface area (Å²) >= 11 is 5.04. The normalized spacial score (nSPS) is 10.5. The van der Waals surface area contributed by atoms with Crippen LogP contribution in [0.5, 0.6) is 0 Å². The zero-order chi connectivity index (χ0) is 6.97. The Labute approximate surface area is 70.8 Å². The molecule has 0 saturated carbocycles. The van der Waals surface area contributed by atoms with Crippen LogP contribution in [-0.4, -0.2) is 4.98 Å². The van der Waals surface area contributed by atoms with Gasteiger partial charge in [-0.2, -0.15) is 0 Å². The van der Waals surface area contributed by atoms with Crippen LogP contribution >= 0.6 is 27.3 Å². The maximum absolute atomic E-state index is 4.10. The van der Waals surface area contributed by atoms with Crippen molar-refractivity contribution >= 4 is 37.4 Å². The molecule has 0 spiro atoms. The predicted octanol–water partition coefficient (Wildman–Crippen LogP) is 3.06. The molecule has 0 bridgehead atoms. The van der Waals surface area contributed by atoms with Gasteiger partial charge in [-0.1, -0.05) is 0 Å². The van der Waals surface area contributed by atoms with Crippen molar-refractivity contribution in [1.82, 2.24) is 4.98 Å². The Bertz CT molecular complexity index is 355. The Morgan fingerprint density at radius 2 is 2.40 bits per heavy atom. The van der Waals surface area contributed by atoms with Crippen LogP contribution in [0.15, 0.2) is 28.3 Å². The van der Waals surface area contributed by atoms with E-state index in [2.05, 4.69) is 32.4 Å². The lowest BCUT2D eigenvalue weighted by molar-refractivity contribution is 1.31. The molecule has 0 aliphatic rings. The highest BCUT2D eigenvalue weighted by atomic mass is 79.9. The lowest BCUT2D eigenvalue weighted by Crippen LogP contribution is -1.70. The average Bonchev–Trinajstić information content (AvgIpc) is 2.33. The molecule has 0 atom stereocenters. The molecule has 0 aromatic carbocycles. The number of thiophene rings is 1. The quantitative estimate of drug-likeness (QED) is 0.614. The van der Waals surface area contributed by atoms with Crippen LogP contribution < -0.4 is 0 Å². The van der Waals surface area contributed by atoms with E-state index in [1.54, 1.807) is 11.3 Å². The second-order valence-corrected chi connectivity index (χ2v) is 3.73. The Morgan fingerprint density at radius 3 is 3.30 bits per heavy atom. The van der Waals surface area contributed by atoms with Gasteiger partial charge in [0, 0.05) is 16.3 Å². The Hall–Kier alpha value is -0.410. The SMILES string of the molecule is Brc1cc2sccc2cn1. The van der Waals surface area contributed by atoms with E-state index in [1.165, 1.54) is 10.1 Å². The third-order valence-electron chi connectivity index (χ3n) is 1.30. The molecule has 10 heavy (non-hydrogen) atoms. The maximum atomic E-state index is 4.10. The topological polar surface area (TPSA) is 12.9 Å². The van der Waals surface area contributed by atoms with E-state index in [9.17, 15) is 0 Å². The first-order valence-electron chi connectivity index (χ1n) is 2.85. The second kappa shape index (κ2) is 2.32. The summed E-state index contributed by atoms with van der Waals surface area (Å²) < 4.78 is 2.18. The van der Waals surface area contributed by atoms with Gasteiger partial charge in [-0.3, -0.25) is 0 Å². The van der Waals surface area contributed by atoms with Gasteiger partial charge in [-0.25, -0.2) is 4.98 Å². The number of nitrogens with zero attached hydrogens (tertiary/aromatic N) is 1. The van der Waals surface area contributed by atoms with E-state index in [-0.39, 0.29) is 0 Å². The molecule has 0 unspecified atom stereocenters. The molecule has 0 aliphatic heterocycles. The molecule has 2 aromatic heterocycles. The molecular weight excluding hydrogens is 210 g/mol. The van der Waals surface area contributed by atoms with Gasteiger partial charge in [0.05, 0.1) is 0 Å². The van der Waals surface area contributed by atoms with E-state index in [0.717, 1.165) is 4.60 Å². The lowest BCUT2D eigenvalue weighted by atomic mass is 10.4. The summed E-state index contributed by atoms with van der Waals surface area (Å²) in [6, 6.07) is 4.10. The molecule has 0 radical (unpaired) electrons. The molecule has 2 heterocycles. The van der Waals surface area contributed by atoms with Crippen LogP contribution in [-0.2, 0) is 0 Å². The molecule has 2 rings (SSSR count). The van der Waals surface area contributed by atoms with Crippen molar-refractivity contribution in [2.75, 3.05) is 0 Å². The smallest absolute Gasteiger partial charge is 0.107 e. The van der Waals surface area contributed by atoms with Crippen molar-refractivity contribution in [2.24, 2.45) is 0 Å². The van der Waals surface area contributed by atoms with Crippen molar-refractivity contribution < 1.29 is 0 Å². The molecule has 3 heteroatoms. The first kappa shape index (κ1) is 6.31. The van der Waals surface area contributed by atoms with Crippen molar-refractivity contribution in [3.8, 4) is 0 Å². The number of aromatic nitrogens is 1. The van der Waals surface area contributed by atoms with Crippen LogP contribution in [0.4, 0.5) is 0 Å². The minimum atomic E-state index is 0.905. The van der Waals surface area contributed by atoms with Crippen LogP contribution in [0.2, 0.25) is 0 Å². The first-order valence-corrected chi connectivity index (χ1v) is 4.52. The second-order valence-electron chi connectivity index (χ2n) is 1.97. The fourth-order valence-corrected chi connectivity index (χ4v) is 2.11. The van der Waals surface area contributed by atoms with Gasteiger partial charge in [-0.05, 0) is 33.4 Å². The standard InChI is InChI=1S/C7H4BrNS/c8-7-3-6-5(4-9-7)1-2-10-6/h1-4H. The number of fused-ring (bicyclic) bond motifs is 1. The molecule has 50 valence electrons. The van der Waals surface area contributed by atoms with Crippen molar-refractivity contribution in [2.45, 2.75) is 0 Å². The van der Waals surface area contributed by atoms with Crippen LogP contribution in [0.1, 0.15) is 0 Å². The highest BCUT2D eigenvalue weighted by molar-refractivity contribution is 9.10. The molecular formula is C7H4BrNS. The number of hydrogen-bond acceptors (Lipinski definition) is 2. The monoisotopic (exact) mass is 213 g/mol. The largest absolute Gasteiger partial charge is 0.249 e. The summed E-state index contributed by atoms with van der Waals surface area (Å²) in [5, 5.41) is 3.28. The first-order chi connectivity index (χ1) is 4.86. The summed E-state index contributed by atoms with van der Waals surface area (Å²) in [7, 11) is 0. The molecule has 1 nitrogen and oxygen atoms in total. The van der Waals surface area contributed by atoms with Crippen molar-refractivity contribution in [3.63, 3.8) is 0 Å². The lowest BCUT2D eigenvalue weighted by Gasteiger charge is -1.87. The number of halogens is 1. The van der Waals surface area contributed by atoms with Crippen LogP contribution in [0.25, 0.3) is 10.1 Å². The minimum Gasteiger partial charge on any atom is -0.249 e. The van der Waals surface area contributed by atoms with E-state index in [4.69, 9.17) is 0 Å².